The number of carbonyl (C=O) groups excluding carboxylic acids is 1. The van der Waals surface area contributed by atoms with Crippen LogP contribution in [0, 0.1) is 0 Å². The standard InChI is InChI=1S/C16H23NO3S/c1-3-8-14(2)16(18)17-11-7-12-21(19,20)13-15-9-5-4-6-10-15/h4-6,8-10H,3,7,11-13H2,1-2H3,(H,17,18)/b14-8-. The highest BCUT2D eigenvalue weighted by molar-refractivity contribution is 7.90. The third kappa shape index (κ3) is 7.09. The van der Waals surface area contributed by atoms with Crippen LogP contribution in [-0.4, -0.2) is 26.6 Å². The van der Waals surface area contributed by atoms with E-state index in [1.54, 1.807) is 19.1 Å². The van der Waals surface area contributed by atoms with Gasteiger partial charge in [-0.2, -0.15) is 0 Å². The summed E-state index contributed by atoms with van der Waals surface area (Å²) in [6.45, 7) is 4.10. The lowest BCUT2D eigenvalue weighted by molar-refractivity contribution is -0.117. The van der Waals surface area contributed by atoms with Gasteiger partial charge in [0.05, 0.1) is 11.5 Å². The van der Waals surface area contributed by atoms with Crippen molar-refractivity contribution in [1.29, 1.82) is 0 Å². The lowest BCUT2D eigenvalue weighted by Crippen LogP contribution is -2.26. The summed E-state index contributed by atoms with van der Waals surface area (Å²) in [6, 6.07) is 9.12. The summed E-state index contributed by atoms with van der Waals surface area (Å²) >= 11 is 0. The maximum atomic E-state index is 12.0. The Kier molecular flexibility index (Phi) is 7.15. The molecule has 0 saturated heterocycles. The zero-order valence-corrected chi connectivity index (χ0v) is 13.4. The Labute approximate surface area is 127 Å². The van der Waals surface area contributed by atoms with Crippen LogP contribution < -0.4 is 5.32 Å². The second kappa shape index (κ2) is 8.62. The highest BCUT2D eigenvalue weighted by Gasteiger charge is 2.12. The molecule has 1 aromatic carbocycles. The van der Waals surface area contributed by atoms with Crippen LogP contribution in [0.3, 0.4) is 0 Å². The van der Waals surface area contributed by atoms with E-state index < -0.39 is 9.84 Å². The van der Waals surface area contributed by atoms with Crippen LogP contribution in [0.1, 0.15) is 32.3 Å². The fraction of sp³-hybridized carbons (Fsp3) is 0.438. The summed E-state index contributed by atoms with van der Waals surface area (Å²) in [5.74, 6) is 0.00670. The molecule has 0 radical (unpaired) electrons. The van der Waals surface area contributed by atoms with E-state index in [9.17, 15) is 13.2 Å². The van der Waals surface area contributed by atoms with Gasteiger partial charge in [0.1, 0.15) is 0 Å². The number of sulfone groups is 1. The molecular formula is C16H23NO3S. The fourth-order valence-corrected chi connectivity index (χ4v) is 3.36. The number of hydrogen-bond acceptors (Lipinski definition) is 3. The molecule has 0 saturated carbocycles. The molecule has 4 nitrogen and oxygen atoms in total. The van der Waals surface area contributed by atoms with Crippen molar-refractivity contribution >= 4 is 15.7 Å². The van der Waals surface area contributed by atoms with Crippen LogP contribution in [0.5, 0.6) is 0 Å². The Hall–Kier alpha value is -1.62. The molecule has 0 heterocycles. The minimum Gasteiger partial charge on any atom is -0.352 e. The van der Waals surface area contributed by atoms with E-state index in [1.807, 2.05) is 31.2 Å². The van der Waals surface area contributed by atoms with Crippen molar-refractivity contribution < 1.29 is 13.2 Å². The molecule has 0 bridgehead atoms. The fourth-order valence-electron chi connectivity index (χ4n) is 1.93. The van der Waals surface area contributed by atoms with Gasteiger partial charge in [-0.15, -0.1) is 0 Å². The van der Waals surface area contributed by atoms with Gasteiger partial charge in [0.15, 0.2) is 9.84 Å². The molecule has 1 N–H and O–H groups in total. The van der Waals surface area contributed by atoms with E-state index in [0.717, 1.165) is 12.0 Å². The predicted molar refractivity (Wildman–Crippen MR) is 85.6 cm³/mol. The van der Waals surface area contributed by atoms with Crippen LogP contribution in [-0.2, 0) is 20.4 Å². The molecule has 0 atom stereocenters. The van der Waals surface area contributed by atoms with E-state index in [0.29, 0.717) is 18.5 Å². The first-order valence-electron chi connectivity index (χ1n) is 7.14. The van der Waals surface area contributed by atoms with Gasteiger partial charge in [-0.25, -0.2) is 8.42 Å². The molecule has 1 aromatic rings. The lowest BCUT2D eigenvalue weighted by atomic mass is 10.2. The average molecular weight is 309 g/mol. The van der Waals surface area contributed by atoms with Crippen molar-refractivity contribution in [3.8, 4) is 0 Å². The molecule has 21 heavy (non-hydrogen) atoms. The van der Waals surface area contributed by atoms with Crippen molar-refractivity contribution in [3.63, 3.8) is 0 Å². The molecule has 1 rings (SSSR count). The molecule has 0 fully saturated rings. The first-order chi connectivity index (χ1) is 9.94. The Morgan fingerprint density at radius 3 is 2.52 bits per heavy atom. The number of rotatable bonds is 8. The normalized spacial score (nSPS) is 12.2. The van der Waals surface area contributed by atoms with Crippen LogP contribution in [0.2, 0.25) is 0 Å². The van der Waals surface area contributed by atoms with Crippen molar-refractivity contribution in [2.75, 3.05) is 12.3 Å². The van der Waals surface area contributed by atoms with Crippen LogP contribution in [0.4, 0.5) is 0 Å². The van der Waals surface area contributed by atoms with Crippen LogP contribution in [0.25, 0.3) is 0 Å². The van der Waals surface area contributed by atoms with Crippen LogP contribution in [0.15, 0.2) is 42.0 Å². The van der Waals surface area contributed by atoms with Gasteiger partial charge in [0.2, 0.25) is 5.91 Å². The molecule has 0 aromatic heterocycles. The summed E-state index contributed by atoms with van der Waals surface area (Å²) in [7, 11) is -3.13. The number of carbonyl (C=O) groups is 1. The quantitative estimate of drug-likeness (QED) is 0.592. The predicted octanol–water partition coefficient (Wildman–Crippen LogP) is 2.46. The first kappa shape index (κ1) is 17.4. The van der Waals surface area contributed by atoms with Gasteiger partial charge in [-0.05, 0) is 25.3 Å². The summed E-state index contributed by atoms with van der Waals surface area (Å²) in [5.41, 5.74) is 1.47. The molecule has 0 aliphatic rings. The van der Waals surface area contributed by atoms with E-state index >= 15 is 0 Å². The summed E-state index contributed by atoms with van der Waals surface area (Å²) in [5, 5.41) is 2.73. The zero-order valence-electron chi connectivity index (χ0n) is 12.6. The van der Waals surface area contributed by atoms with E-state index in [1.165, 1.54) is 0 Å². The van der Waals surface area contributed by atoms with Crippen molar-refractivity contribution in [1.82, 2.24) is 5.32 Å². The SMILES string of the molecule is CC/C=C(/C)C(=O)NCCCS(=O)(=O)Cc1ccccc1. The van der Waals surface area contributed by atoms with Crippen molar-refractivity contribution in [2.24, 2.45) is 0 Å². The van der Waals surface area contributed by atoms with Crippen molar-refractivity contribution in [3.05, 3.63) is 47.5 Å². The number of benzene rings is 1. The highest BCUT2D eigenvalue weighted by Crippen LogP contribution is 2.07. The second-order valence-electron chi connectivity index (χ2n) is 4.98. The monoisotopic (exact) mass is 309 g/mol. The largest absolute Gasteiger partial charge is 0.352 e. The topological polar surface area (TPSA) is 63.2 Å². The van der Waals surface area contributed by atoms with Gasteiger partial charge >= 0.3 is 0 Å². The molecule has 1 amide bonds. The number of allylic oxidation sites excluding steroid dienone is 1. The maximum absolute atomic E-state index is 12.0. The van der Waals surface area contributed by atoms with Gasteiger partial charge in [-0.3, -0.25) is 4.79 Å². The van der Waals surface area contributed by atoms with E-state index in [2.05, 4.69) is 5.32 Å². The molecule has 0 spiro atoms. The molecule has 0 aliphatic carbocycles. The minimum absolute atomic E-state index is 0.0521. The number of hydrogen-bond donors (Lipinski definition) is 1. The maximum Gasteiger partial charge on any atom is 0.246 e. The molecule has 0 unspecified atom stereocenters. The highest BCUT2D eigenvalue weighted by atomic mass is 32.2. The minimum atomic E-state index is -3.13. The smallest absolute Gasteiger partial charge is 0.246 e. The Morgan fingerprint density at radius 2 is 1.90 bits per heavy atom. The second-order valence-corrected chi connectivity index (χ2v) is 7.17. The third-order valence-corrected chi connectivity index (χ3v) is 4.70. The van der Waals surface area contributed by atoms with Gasteiger partial charge in [-0.1, -0.05) is 43.3 Å². The average Bonchev–Trinajstić information content (AvgIpc) is 2.44. The Morgan fingerprint density at radius 1 is 1.24 bits per heavy atom. The molecule has 116 valence electrons. The number of nitrogens with one attached hydrogen (secondary N) is 1. The van der Waals surface area contributed by atoms with Gasteiger partial charge in [0, 0.05) is 12.1 Å². The third-order valence-electron chi connectivity index (χ3n) is 3.02. The number of amides is 1. The summed E-state index contributed by atoms with van der Waals surface area (Å²) < 4.78 is 23.9. The lowest BCUT2D eigenvalue weighted by Gasteiger charge is -2.07. The molecule has 5 heteroatoms. The van der Waals surface area contributed by atoms with Crippen molar-refractivity contribution in [2.45, 2.75) is 32.4 Å². The zero-order chi connectivity index (χ0) is 15.7. The Bertz CT molecular complexity index is 577. The van der Waals surface area contributed by atoms with E-state index in [4.69, 9.17) is 0 Å². The van der Waals surface area contributed by atoms with Gasteiger partial charge in [0.25, 0.3) is 0 Å². The summed E-state index contributed by atoms with van der Waals surface area (Å²) in [6.07, 6.45) is 3.09. The summed E-state index contributed by atoms with van der Waals surface area (Å²) in [4.78, 5) is 11.6. The van der Waals surface area contributed by atoms with Crippen LogP contribution >= 0.6 is 0 Å². The van der Waals surface area contributed by atoms with Gasteiger partial charge < -0.3 is 5.32 Å². The van der Waals surface area contributed by atoms with E-state index in [-0.39, 0.29) is 17.4 Å². The molecule has 0 aliphatic heterocycles. The Balaban J connectivity index is 2.35. The first-order valence-corrected chi connectivity index (χ1v) is 8.96. The molecular weight excluding hydrogens is 286 g/mol.